The molecule has 6 heteroatoms. The van der Waals surface area contributed by atoms with E-state index < -0.39 is 0 Å². The van der Waals surface area contributed by atoms with Crippen LogP contribution in [0.4, 0.5) is 11.4 Å². The molecule has 1 aliphatic heterocycles. The summed E-state index contributed by atoms with van der Waals surface area (Å²) in [5.41, 5.74) is 4.55. The normalized spacial score (nSPS) is 21.5. The fourth-order valence-electron chi connectivity index (χ4n) is 4.92. The second-order valence-corrected chi connectivity index (χ2v) is 9.12. The van der Waals surface area contributed by atoms with Crippen molar-refractivity contribution in [3.63, 3.8) is 0 Å². The van der Waals surface area contributed by atoms with Crippen molar-refractivity contribution in [3.05, 3.63) is 78.4 Å². The van der Waals surface area contributed by atoms with Crippen molar-refractivity contribution >= 4 is 28.7 Å². The van der Waals surface area contributed by atoms with Gasteiger partial charge in [0.25, 0.3) is 0 Å². The summed E-state index contributed by atoms with van der Waals surface area (Å²) < 4.78 is 2.41. The van der Waals surface area contributed by atoms with E-state index in [4.69, 9.17) is 12.2 Å². The summed E-state index contributed by atoms with van der Waals surface area (Å²) >= 11 is 5.84. The molecule has 2 atom stereocenters. The van der Waals surface area contributed by atoms with Gasteiger partial charge in [0.2, 0.25) is 0 Å². The predicted molar refractivity (Wildman–Crippen MR) is 131 cm³/mol. The third-order valence-corrected chi connectivity index (χ3v) is 6.88. The van der Waals surface area contributed by atoms with E-state index in [0.717, 1.165) is 16.5 Å². The highest BCUT2D eigenvalue weighted by molar-refractivity contribution is 7.80. The van der Waals surface area contributed by atoms with Crippen LogP contribution in [0.25, 0.3) is 0 Å². The highest BCUT2D eigenvalue weighted by atomic mass is 32.1. The minimum Gasteiger partial charge on any atom is -0.378 e. The largest absolute Gasteiger partial charge is 0.378 e. The van der Waals surface area contributed by atoms with E-state index in [2.05, 4.69) is 87.6 Å². The fourth-order valence-corrected chi connectivity index (χ4v) is 5.26. The number of hydrogen-bond donors (Lipinski definition) is 1. The van der Waals surface area contributed by atoms with Gasteiger partial charge in [-0.15, -0.1) is 0 Å². The van der Waals surface area contributed by atoms with Gasteiger partial charge in [0, 0.05) is 50.1 Å². The van der Waals surface area contributed by atoms with Gasteiger partial charge in [-0.1, -0.05) is 18.9 Å². The molecule has 3 heterocycles. The Morgan fingerprint density at radius 2 is 1.81 bits per heavy atom. The van der Waals surface area contributed by atoms with E-state index in [1.54, 1.807) is 0 Å². The first-order valence-electron chi connectivity index (χ1n) is 11.1. The Kier molecular flexibility index (Phi) is 5.40. The third kappa shape index (κ3) is 3.81. The van der Waals surface area contributed by atoms with Crippen molar-refractivity contribution in [2.75, 3.05) is 23.9 Å². The Bertz CT molecular complexity index is 1040. The average Bonchev–Trinajstić information content (AvgIpc) is 3.54. The van der Waals surface area contributed by atoms with Crippen molar-refractivity contribution in [3.8, 4) is 0 Å². The lowest BCUT2D eigenvalue weighted by Crippen LogP contribution is -2.29. The fraction of sp³-hybridized carbons (Fsp3) is 0.360. The Morgan fingerprint density at radius 1 is 1.03 bits per heavy atom. The minimum atomic E-state index is 0.00153. The highest BCUT2D eigenvalue weighted by Crippen LogP contribution is 2.42. The summed E-state index contributed by atoms with van der Waals surface area (Å²) in [5, 5.41) is 4.30. The smallest absolute Gasteiger partial charge is 0.174 e. The molecule has 5 nitrogen and oxygen atoms in total. The number of hydrogen-bond acceptors (Lipinski definition) is 3. The third-order valence-electron chi connectivity index (χ3n) is 6.57. The molecule has 0 spiro atoms. The van der Waals surface area contributed by atoms with Crippen LogP contribution in [0.2, 0.25) is 0 Å². The summed E-state index contributed by atoms with van der Waals surface area (Å²) in [5.74, 6) is 0. The summed E-state index contributed by atoms with van der Waals surface area (Å²) in [6.07, 6.45) is 11.6. The summed E-state index contributed by atoms with van der Waals surface area (Å²) in [4.78, 5) is 9.02. The van der Waals surface area contributed by atoms with Crippen LogP contribution in [0.5, 0.6) is 0 Å². The maximum absolute atomic E-state index is 5.84. The molecule has 3 aromatic rings. The number of benzene rings is 1. The Labute approximate surface area is 189 Å². The molecule has 2 aromatic heterocycles. The van der Waals surface area contributed by atoms with E-state index >= 15 is 0 Å². The number of pyridine rings is 1. The molecule has 0 amide bonds. The van der Waals surface area contributed by atoms with Crippen LogP contribution in [0.3, 0.4) is 0 Å². The number of rotatable bonds is 5. The molecule has 1 saturated heterocycles. The maximum atomic E-state index is 5.84. The van der Waals surface area contributed by atoms with Crippen molar-refractivity contribution in [2.45, 2.75) is 43.8 Å². The van der Waals surface area contributed by atoms with Gasteiger partial charge in [-0.2, -0.15) is 0 Å². The predicted octanol–water partition coefficient (Wildman–Crippen LogP) is 5.24. The monoisotopic (exact) mass is 431 g/mol. The van der Waals surface area contributed by atoms with Crippen LogP contribution < -0.4 is 15.1 Å². The number of thiocarbonyl (C=S) groups is 1. The standard InChI is InChI=1S/C25H29N5S/c1-28(2)19-10-12-21(13-11-19)30-24(18-14-16-29(17-18)20-7-3-4-8-20)23(27-25(30)31)22-9-5-6-15-26-22/h5-6,9-17,20,23-24H,3-4,7-8H2,1-2H3,(H,27,31)/t23-,24-/m0/s1. The lowest BCUT2D eigenvalue weighted by molar-refractivity contribution is 0.515. The molecule has 1 saturated carbocycles. The van der Waals surface area contributed by atoms with Gasteiger partial charge in [-0.25, -0.2) is 0 Å². The summed E-state index contributed by atoms with van der Waals surface area (Å²) in [6, 6.07) is 17.6. The van der Waals surface area contributed by atoms with Crippen molar-refractivity contribution in [2.24, 2.45) is 0 Å². The van der Waals surface area contributed by atoms with Crippen LogP contribution in [-0.4, -0.2) is 28.8 Å². The molecule has 1 N–H and O–H groups in total. The molecule has 31 heavy (non-hydrogen) atoms. The van der Waals surface area contributed by atoms with Gasteiger partial charge in [0.1, 0.15) is 0 Å². The van der Waals surface area contributed by atoms with Crippen molar-refractivity contribution in [1.29, 1.82) is 0 Å². The molecule has 1 aliphatic carbocycles. The lowest BCUT2D eigenvalue weighted by Gasteiger charge is -2.28. The molecule has 160 valence electrons. The molecule has 5 rings (SSSR count). The first-order valence-corrected chi connectivity index (χ1v) is 11.5. The van der Waals surface area contributed by atoms with Gasteiger partial charge in [0.05, 0.1) is 17.8 Å². The van der Waals surface area contributed by atoms with Crippen LogP contribution in [0.15, 0.2) is 67.1 Å². The van der Waals surface area contributed by atoms with Gasteiger partial charge in [0.15, 0.2) is 5.11 Å². The quantitative estimate of drug-likeness (QED) is 0.559. The zero-order chi connectivity index (χ0) is 21.4. The molecule has 0 unspecified atom stereocenters. The molecule has 2 aliphatic rings. The lowest BCUT2D eigenvalue weighted by atomic mass is 9.98. The van der Waals surface area contributed by atoms with Crippen LogP contribution in [0.1, 0.15) is 55.1 Å². The summed E-state index contributed by atoms with van der Waals surface area (Å²) in [6.45, 7) is 0. The maximum Gasteiger partial charge on any atom is 0.174 e. The van der Waals surface area contributed by atoms with Crippen molar-refractivity contribution in [1.82, 2.24) is 14.9 Å². The SMILES string of the molecule is CN(C)c1ccc(N2C(=S)N[C@@H](c3ccccn3)[C@@H]2c2ccn(C3CCCC3)c2)cc1. The van der Waals surface area contributed by atoms with Crippen LogP contribution in [-0.2, 0) is 0 Å². The Balaban J connectivity index is 1.54. The van der Waals surface area contributed by atoms with Gasteiger partial charge < -0.3 is 19.7 Å². The first kappa shape index (κ1) is 20.1. The van der Waals surface area contributed by atoms with Crippen LogP contribution >= 0.6 is 12.2 Å². The molecule has 1 aromatic carbocycles. The molecule has 0 bridgehead atoms. The van der Waals surface area contributed by atoms with E-state index in [-0.39, 0.29) is 12.1 Å². The molecule has 0 radical (unpaired) electrons. The molecule has 2 fully saturated rings. The molecular weight excluding hydrogens is 402 g/mol. The molecular formula is C25H29N5S. The van der Waals surface area contributed by atoms with E-state index in [0.29, 0.717) is 6.04 Å². The zero-order valence-corrected chi connectivity index (χ0v) is 18.9. The number of aromatic nitrogens is 2. The minimum absolute atomic E-state index is 0.00153. The topological polar surface area (TPSA) is 36.3 Å². The Hall–Kier alpha value is -2.86. The van der Waals surface area contributed by atoms with E-state index in [1.165, 1.54) is 36.9 Å². The zero-order valence-electron chi connectivity index (χ0n) is 18.1. The van der Waals surface area contributed by atoms with Gasteiger partial charge in [-0.05, 0) is 73.1 Å². The number of nitrogens with one attached hydrogen (secondary N) is 1. The summed E-state index contributed by atoms with van der Waals surface area (Å²) in [7, 11) is 4.12. The number of anilines is 2. The van der Waals surface area contributed by atoms with Gasteiger partial charge >= 0.3 is 0 Å². The highest BCUT2D eigenvalue weighted by Gasteiger charge is 2.41. The van der Waals surface area contributed by atoms with Crippen LogP contribution in [0, 0.1) is 0 Å². The van der Waals surface area contributed by atoms with E-state index in [1.807, 2.05) is 18.3 Å². The first-order chi connectivity index (χ1) is 15.1. The number of nitrogens with zero attached hydrogens (tertiary/aromatic N) is 4. The average molecular weight is 432 g/mol. The van der Waals surface area contributed by atoms with E-state index in [9.17, 15) is 0 Å². The Morgan fingerprint density at radius 3 is 2.48 bits per heavy atom. The van der Waals surface area contributed by atoms with Gasteiger partial charge in [-0.3, -0.25) is 4.98 Å². The second kappa shape index (κ2) is 8.35. The van der Waals surface area contributed by atoms with Crippen molar-refractivity contribution < 1.29 is 0 Å². The second-order valence-electron chi connectivity index (χ2n) is 8.74.